The molecular weight excluding hydrogens is 583 g/mol. The minimum absolute atomic E-state index is 0.0806. The van der Waals surface area contributed by atoms with Crippen LogP contribution in [0.3, 0.4) is 0 Å². The van der Waals surface area contributed by atoms with E-state index in [9.17, 15) is 0 Å². The molecule has 3 unspecified atom stereocenters. The van der Waals surface area contributed by atoms with Crippen LogP contribution in [-0.2, 0) is 5.41 Å². The van der Waals surface area contributed by atoms with Gasteiger partial charge < -0.3 is 4.90 Å². The molecule has 10 rings (SSSR count). The lowest BCUT2D eigenvalue weighted by molar-refractivity contribution is 0.543. The van der Waals surface area contributed by atoms with Crippen molar-refractivity contribution in [3.8, 4) is 0 Å². The summed E-state index contributed by atoms with van der Waals surface area (Å²) in [6.07, 6.45) is 32.7. The van der Waals surface area contributed by atoms with Crippen LogP contribution in [0.25, 0.3) is 17.2 Å². The first-order chi connectivity index (χ1) is 23.6. The molecule has 7 aliphatic rings. The second-order valence-corrected chi connectivity index (χ2v) is 14.7. The van der Waals surface area contributed by atoms with E-state index in [-0.39, 0.29) is 17.4 Å². The predicted molar refractivity (Wildman–Crippen MR) is 197 cm³/mol. The van der Waals surface area contributed by atoms with Crippen LogP contribution in [-0.4, -0.2) is 16.0 Å². The highest BCUT2D eigenvalue weighted by molar-refractivity contribution is 5.83. The zero-order valence-electron chi connectivity index (χ0n) is 27.7. The molecule has 1 aliphatic heterocycles. The molecule has 1 aromatic heterocycles. The van der Waals surface area contributed by atoms with Crippen molar-refractivity contribution in [1.82, 2.24) is 9.97 Å². The minimum atomic E-state index is -0.0806. The van der Waals surface area contributed by atoms with Gasteiger partial charge in [0.1, 0.15) is 5.82 Å². The third-order valence-electron chi connectivity index (χ3n) is 11.7. The van der Waals surface area contributed by atoms with Gasteiger partial charge in [-0.1, -0.05) is 117 Å². The maximum Gasteiger partial charge on any atom is 0.161 e. The van der Waals surface area contributed by atoms with Crippen molar-refractivity contribution in [3.63, 3.8) is 0 Å². The van der Waals surface area contributed by atoms with Gasteiger partial charge >= 0.3 is 0 Å². The third kappa shape index (κ3) is 4.06. The topological polar surface area (TPSA) is 29.0 Å². The highest BCUT2D eigenvalue weighted by atomic mass is 15.3. The number of nitrogens with zero attached hydrogens (tertiary/aromatic N) is 3. The van der Waals surface area contributed by atoms with Crippen molar-refractivity contribution in [2.75, 3.05) is 4.90 Å². The predicted octanol–water partition coefficient (Wildman–Crippen LogP) is 10.3. The van der Waals surface area contributed by atoms with Gasteiger partial charge in [0, 0.05) is 34.6 Å². The fourth-order valence-electron chi connectivity index (χ4n) is 9.41. The van der Waals surface area contributed by atoms with Crippen molar-refractivity contribution in [1.29, 1.82) is 0 Å². The Bertz CT molecular complexity index is 2210. The Morgan fingerprint density at radius 1 is 0.854 bits per heavy atom. The highest BCUT2D eigenvalue weighted by Gasteiger charge is 2.51. The highest BCUT2D eigenvalue weighted by Crippen LogP contribution is 2.58. The van der Waals surface area contributed by atoms with Crippen molar-refractivity contribution in [3.05, 3.63) is 177 Å². The van der Waals surface area contributed by atoms with Gasteiger partial charge in [0.15, 0.2) is 5.82 Å². The zero-order chi connectivity index (χ0) is 32.0. The summed E-state index contributed by atoms with van der Waals surface area (Å²) in [5, 5.41) is 0. The second-order valence-electron chi connectivity index (χ2n) is 14.7. The number of fused-ring (bicyclic) bond motifs is 6. The standard InChI is InChI=1S/C45H39N3/c1-45(2)36-22-12-11-21-33(36)42-41-32(20-13-23-37(41)45)25-35-34-24-30-18-9-10-19-31(30)26-39(34)48(43(35)42)40-27-38(28-14-5-3-6-15-28)46-44(47-40)29-16-7-4-8-17-29/h3,5,7,9-14,16-25,27,31,42-43H,4,6,8,15,26H2,1-2H3. The smallest absolute Gasteiger partial charge is 0.161 e. The molecule has 48 heavy (non-hydrogen) atoms. The Balaban J connectivity index is 1.25. The van der Waals surface area contributed by atoms with Gasteiger partial charge in [-0.25, -0.2) is 9.97 Å². The number of rotatable bonds is 3. The number of aromatic nitrogens is 2. The summed E-state index contributed by atoms with van der Waals surface area (Å²) in [6.45, 7) is 4.81. The molecule has 0 bridgehead atoms. The van der Waals surface area contributed by atoms with E-state index in [1.807, 2.05) is 0 Å². The molecule has 2 aromatic carbocycles. The number of benzene rings is 2. The molecule has 6 aliphatic carbocycles. The molecule has 0 saturated carbocycles. The zero-order valence-corrected chi connectivity index (χ0v) is 27.7. The number of allylic oxidation sites excluding steroid dienone is 15. The van der Waals surface area contributed by atoms with Crippen molar-refractivity contribution < 1.29 is 0 Å². The van der Waals surface area contributed by atoms with Gasteiger partial charge in [0.05, 0.1) is 11.7 Å². The lowest BCUT2D eigenvalue weighted by Crippen LogP contribution is -2.43. The Morgan fingerprint density at radius 3 is 2.65 bits per heavy atom. The number of hydrogen-bond acceptors (Lipinski definition) is 3. The van der Waals surface area contributed by atoms with Crippen LogP contribution < -0.4 is 4.90 Å². The largest absolute Gasteiger partial charge is 0.321 e. The summed E-state index contributed by atoms with van der Waals surface area (Å²) in [4.78, 5) is 13.4. The molecule has 3 atom stereocenters. The quantitative estimate of drug-likeness (QED) is 0.291. The van der Waals surface area contributed by atoms with E-state index in [0.717, 1.165) is 55.0 Å². The summed E-state index contributed by atoms with van der Waals surface area (Å²) in [7, 11) is 0. The third-order valence-corrected chi connectivity index (χ3v) is 11.7. The molecule has 0 N–H and O–H groups in total. The first-order valence-corrected chi connectivity index (χ1v) is 17.7. The van der Waals surface area contributed by atoms with E-state index in [2.05, 4.69) is 140 Å². The number of hydrogen-bond donors (Lipinski definition) is 0. The van der Waals surface area contributed by atoms with Crippen LogP contribution in [0.4, 0.5) is 5.82 Å². The van der Waals surface area contributed by atoms with E-state index in [1.54, 1.807) is 0 Å². The van der Waals surface area contributed by atoms with Gasteiger partial charge in [-0.3, -0.25) is 0 Å². The van der Waals surface area contributed by atoms with Crippen LogP contribution >= 0.6 is 0 Å². The molecule has 0 amide bonds. The minimum Gasteiger partial charge on any atom is -0.321 e. The molecular formula is C45H39N3. The second kappa shape index (κ2) is 10.5. The number of anilines is 1. The molecule has 234 valence electrons. The first kappa shape index (κ1) is 28.0. The van der Waals surface area contributed by atoms with Crippen LogP contribution in [0.2, 0.25) is 0 Å². The Kier molecular flexibility index (Phi) is 6.13. The first-order valence-electron chi connectivity index (χ1n) is 17.7. The fraction of sp³-hybridized carbons (Fsp3) is 0.244. The lowest BCUT2D eigenvalue weighted by Gasteiger charge is -2.46. The summed E-state index contributed by atoms with van der Waals surface area (Å²) in [5.74, 6) is 2.40. The average Bonchev–Trinajstić information content (AvgIpc) is 3.45. The summed E-state index contributed by atoms with van der Waals surface area (Å²) in [5.41, 5.74) is 16.2. The maximum atomic E-state index is 5.51. The molecule has 0 saturated heterocycles. The van der Waals surface area contributed by atoms with E-state index in [1.165, 1.54) is 55.8 Å². The Hall–Kier alpha value is -5.02. The van der Waals surface area contributed by atoms with Crippen molar-refractivity contribution in [2.24, 2.45) is 5.92 Å². The van der Waals surface area contributed by atoms with Crippen LogP contribution in [0.5, 0.6) is 0 Å². The van der Waals surface area contributed by atoms with Gasteiger partial charge in [0.2, 0.25) is 0 Å². The van der Waals surface area contributed by atoms with Gasteiger partial charge in [0.25, 0.3) is 0 Å². The molecule has 3 nitrogen and oxygen atoms in total. The Morgan fingerprint density at radius 2 is 1.77 bits per heavy atom. The SMILES string of the molecule is CC1(C)c2ccccc2C2c3c(cccc31)C=C1C3=C(CC4C=CC=CC4=C3)N(c3cc(C4=CC=CCC4)nc(C4=CCCC=C4)n3)C12. The monoisotopic (exact) mass is 621 g/mol. The van der Waals surface area contributed by atoms with Gasteiger partial charge in [-0.2, -0.15) is 0 Å². The van der Waals surface area contributed by atoms with E-state index in [0.29, 0.717) is 5.92 Å². The van der Waals surface area contributed by atoms with Crippen molar-refractivity contribution >= 4 is 23.0 Å². The molecule has 0 radical (unpaired) electrons. The van der Waals surface area contributed by atoms with Crippen molar-refractivity contribution in [2.45, 2.75) is 63.3 Å². The van der Waals surface area contributed by atoms with E-state index >= 15 is 0 Å². The normalized spacial score (nSPS) is 25.3. The van der Waals surface area contributed by atoms with Crippen LogP contribution in [0, 0.1) is 5.92 Å². The fourth-order valence-corrected chi connectivity index (χ4v) is 9.41. The molecule has 3 aromatic rings. The summed E-state index contributed by atoms with van der Waals surface area (Å²) < 4.78 is 0. The Labute approximate surface area is 283 Å². The average molecular weight is 622 g/mol. The van der Waals surface area contributed by atoms with Crippen LogP contribution in [0.1, 0.15) is 91.2 Å². The maximum absolute atomic E-state index is 5.51. The van der Waals surface area contributed by atoms with Gasteiger partial charge in [-0.05, 0) is 94.4 Å². The molecule has 2 heterocycles. The van der Waals surface area contributed by atoms with Gasteiger partial charge in [-0.15, -0.1) is 0 Å². The van der Waals surface area contributed by atoms with Crippen LogP contribution in [0.15, 0.2) is 138 Å². The van der Waals surface area contributed by atoms with E-state index < -0.39 is 0 Å². The summed E-state index contributed by atoms with van der Waals surface area (Å²) >= 11 is 0. The molecule has 0 fully saturated rings. The summed E-state index contributed by atoms with van der Waals surface area (Å²) in [6, 6.07) is 18.6. The van der Waals surface area contributed by atoms with E-state index in [4.69, 9.17) is 9.97 Å². The molecule has 3 heteroatoms. The molecule has 0 spiro atoms. The lowest BCUT2D eigenvalue weighted by atomic mass is 9.60.